The Kier molecular flexibility index (Phi) is 5.02. The van der Waals surface area contributed by atoms with Crippen LogP contribution < -0.4 is 16.4 Å². The van der Waals surface area contributed by atoms with Crippen molar-refractivity contribution in [1.29, 1.82) is 0 Å². The van der Waals surface area contributed by atoms with Gasteiger partial charge < -0.3 is 11.1 Å². The van der Waals surface area contributed by atoms with E-state index < -0.39 is 41.1 Å². The Labute approximate surface area is 195 Å². The number of likely N-dealkylation sites (tertiary alicyclic amines) is 1. The summed E-state index contributed by atoms with van der Waals surface area (Å²) in [7, 11) is 0. The third kappa shape index (κ3) is 3.08. The number of rotatable bonds is 5. The van der Waals surface area contributed by atoms with Crippen LogP contribution in [-0.4, -0.2) is 34.6 Å². The maximum Gasteiger partial charge on any atom is 0.250 e. The second-order valence-electron chi connectivity index (χ2n) is 8.86. The lowest BCUT2D eigenvalue weighted by atomic mass is 9.76. The Morgan fingerprint density at radius 2 is 1.85 bits per heavy atom. The molecule has 0 radical (unpaired) electrons. The average Bonchev–Trinajstić information content (AvgIpc) is 3.37. The molecule has 1 spiro atoms. The fourth-order valence-corrected chi connectivity index (χ4v) is 5.67. The molecule has 4 N–H and O–H groups in total. The zero-order chi connectivity index (χ0) is 23.5. The minimum atomic E-state index is -1.42. The molecule has 2 saturated heterocycles. The third-order valence-corrected chi connectivity index (χ3v) is 7.47. The largest absolute Gasteiger partial charge is 0.370 e. The molecule has 2 aromatic carbocycles. The van der Waals surface area contributed by atoms with Crippen molar-refractivity contribution in [1.82, 2.24) is 10.2 Å². The van der Waals surface area contributed by atoms with Crippen LogP contribution in [0.15, 0.2) is 42.5 Å². The Balaban J connectivity index is 1.61. The molecule has 33 heavy (non-hydrogen) atoms. The maximum absolute atomic E-state index is 13.7. The summed E-state index contributed by atoms with van der Waals surface area (Å²) in [5.41, 5.74) is 6.59. The summed E-state index contributed by atoms with van der Waals surface area (Å²) in [6.07, 6.45) is 0.275. The van der Waals surface area contributed by atoms with E-state index in [1.165, 1.54) is 4.90 Å². The topological polar surface area (TPSA) is 122 Å². The fraction of sp³-hybridized carbons (Fsp3) is 0.333. The number of anilines is 1. The predicted octanol–water partition coefficient (Wildman–Crippen LogP) is 1.83. The molecule has 0 unspecified atom stereocenters. The molecule has 0 saturated carbocycles. The van der Waals surface area contributed by atoms with E-state index in [2.05, 4.69) is 10.6 Å². The molecule has 3 aliphatic rings. The molecular formula is C24H23ClN4O4. The van der Waals surface area contributed by atoms with Crippen LogP contribution in [0.1, 0.15) is 29.5 Å². The van der Waals surface area contributed by atoms with Crippen LogP contribution >= 0.6 is 11.6 Å². The van der Waals surface area contributed by atoms with E-state index in [1.54, 1.807) is 19.1 Å². The first-order valence-electron chi connectivity index (χ1n) is 10.8. The zero-order valence-electron chi connectivity index (χ0n) is 17.9. The third-order valence-electron chi connectivity index (χ3n) is 7.06. The van der Waals surface area contributed by atoms with Gasteiger partial charge in [-0.15, -0.1) is 0 Å². The van der Waals surface area contributed by atoms with Crippen LogP contribution in [0, 0.1) is 18.8 Å². The molecule has 4 atom stereocenters. The molecule has 2 fully saturated rings. The van der Waals surface area contributed by atoms with Crippen molar-refractivity contribution in [3.05, 3.63) is 64.2 Å². The van der Waals surface area contributed by atoms with E-state index >= 15 is 0 Å². The van der Waals surface area contributed by atoms with Gasteiger partial charge in [0.15, 0.2) is 0 Å². The van der Waals surface area contributed by atoms with E-state index in [0.29, 0.717) is 21.8 Å². The molecule has 5 rings (SSSR count). The summed E-state index contributed by atoms with van der Waals surface area (Å²) in [4.78, 5) is 53.5. The van der Waals surface area contributed by atoms with Gasteiger partial charge in [0.2, 0.25) is 23.6 Å². The molecule has 8 nitrogen and oxygen atoms in total. The number of carbonyl (C=O) groups is 4. The number of hydrogen-bond acceptors (Lipinski definition) is 5. The van der Waals surface area contributed by atoms with Crippen molar-refractivity contribution < 1.29 is 19.2 Å². The van der Waals surface area contributed by atoms with Gasteiger partial charge in [-0.05, 0) is 30.5 Å². The molecule has 0 bridgehead atoms. The smallest absolute Gasteiger partial charge is 0.250 e. The molecule has 0 aromatic heterocycles. The van der Waals surface area contributed by atoms with Gasteiger partial charge in [0.1, 0.15) is 5.54 Å². The molecule has 0 aliphatic carbocycles. The Morgan fingerprint density at radius 1 is 1.12 bits per heavy atom. The highest BCUT2D eigenvalue weighted by Gasteiger charge is 2.70. The quantitative estimate of drug-likeness (QED) is 0.580. The number of amides is 4. The van der Waals surface area contributed by atoms with Gasteiger partial charge in [0.05, 0.1) is 24.1 Å². The van der Waals surface area contributed by atoms with Crippen molar-refractivity contribution in [3.63, 3.8) is 0 Å². The van der Waals surface area contributed by atoms with Gasteiger partial charge in [-0.3, -0.25) is 29.4 Å². The van der Waals surface area contributed by atoms with E-state index in [4.69, 9.17) is 17.3 Å². The first-order valence-corrected chi connectivity index (χ1v) is 11.2. The van der Waals surface area contributed by atoms with Crippen molar-refractivity contribution in [2.75, 3.05) is 5.32 Å². The molecular weight excluding hydrogens is 444 g/mol. The van der Waals surface area contributed by atoms with Gasteiger partial charge in [0, 0.05) is 23.0 Å². The number of nitrogens with zero attached hydrogens (tertiary/aromatic N) is 1. The van der Waals surface area contributed by atoms with E-state index in [9.17, 15) is 19.2 Å². The predicted molar refractivity (Wildman–Crippen MR) is 121 cm³/mol. The second kappa shape index (κ2) is 7.67. The summed E-state index contributed by atoms with van der Waals surface area (Å²) in [6.45, 7) is 1.92. The van der Waals surface area contributed by atoms with Gasteiger partial charge in [-0.1, -0.05) is 48.0 Å². The highest BCUT2D eigenvalue weighted by Crippen LogP contribution is 2.54. The van der Waals surface area contributed by atoms with Gasteiger partial charge >= 0.3 is 0 Å². The zero-order valence-corrected chi connectivity index (χ0v) is 18.7. The molecule has 9 heteroatoms. The molecule has 170 valence electrons. The molecule has 4 amide bonds. The van der Waals surface area contributed by atoms with Crippen molar-refractivity contribution in [2.24, 2.45) is 17.6 Å². The maximum atomic E-state index is 13.7. The summed E-state index contributed by atoms with van der Waals surface area (Å²) in [6, 6.07) is 12.1. The first-order chi connectivity index (χ1) is 15.8. The van der Waals surface area contributed by atoms with E-state index in [-0.39, 0.29) is 25.3 Å². The highest BCUT2D eigenvalue weighted by atomic mass is 35.5. The minimum Gasteiger partial charge on any atom is -0.370 e. The van der Waals surface area contributed by atoms with E-state index in [1.807, 2.05) is 30.3 Å². The highest BCUT2D eigenvalue weighted by molar-refractivity contribution is 6.32. The fourth-order valence-electron chi connectivity index (χ4n) is 5.52. The monoisotopic (exact) mass is 466 g/mol. The number of nitrogens with two attached hydrogens (primary N) is 1. The number of imide groups is 1. The summed E-state index contributed by atoms with van der Waals surface area (Å²) in [5, 5.41) is 6.66. The lowest BCUT2D eigenvalue weighted by Gasteiger charge is -2.29. The number of fused-ring (bicyclic) bond motifs is 4. The lowest BCUT2D eigenvalue weighted by molar-refractivity contribution is -0.143. The number of halogens is 1. The standard InChI is InChI=1S/C24H23ClN4O4/c1-12-15(25)8-7-14-20(12)27-23(33)24(14)19-18(16(28-24)9-10-17(26)30)21(31)29(22(19)32)11-13-5-3-2-4-6-13/h2-8,16,18-19,28H,9-11H2,1H3,(H2,26,30)(H,27,33)/t16-,18+,19+,24+/m0/s1. The van der Waals surface area contributed by atoms with Crippen molar-refractivity contribution in [2.45, 2.75) is 37.9 Å². The Bertz CT molecular complexity index is 1200. The van der Waals surface area contributed by atoms with Crippen LogP contribution in [0.5, 0.6) is 0 Å². The van der Waals surface area contributed by atoms with Gasteiger partial charge in [0.25, 0.3) is 0 Å². The number of benzene rings is 2. The van der Waals surface area contributed by atoms with Crippen LogP contribution in [0.2, 0.25) is 5.02 Å². The van der Waals surface area contributed by atoms with Crippen molar-refractivity contribution >= 4 is 40.9 Å². The molecule has 3 aliphatic heterocycles. The normalized spacial score (nSPS) is 27.8. The van der Waals surface area contributed by atoms with Gasteiger partial charge in [-0.2, -0.15) is 0 Å². The molecule has 2 aromatic rings. The first kappa shape index (κ1) is 21.6. The number of carbonyl (C=O) groups excluding carboxylic acids is 4. The number of primary amides is 1. The molecule has 3 heterocycles. The Morgan fingerprint density at radius 3 is 2.55 bits per heavy atom. The number of nitrogens with one attached hydrogen (secondary N) is 2. The van der Waals surface area contributed by atoms with E-state index in [0.717, 1.165) is 5.56 Å². The minimum absolute atomic E-state index is 0.0330. The Hall–Kier alpha value is -3.23. The van der Waals surface area contributed by atoms with Gasteiger partial charge in [-0.25, -0.2) is 0 Å². The van der Waals surface area contributed by atoms with Crippen LogP contribution in [0.25, 0.3) is 0 Å². The summed E-state index contributed by atoms with van der Waals surface area (Å²) in [5.74, 6) is -3.38. The van der Waals surface area contributed by atoms with Crippen molar-refractivity contribution in [3.8, 4) is 0 Å². The lowest BCUT2D eigenvalue weighted by Crippen LogP contribution is -2.53. The number of hydrogen-bond donors (Lipinski definition) is 3. The van der Waals surface area contributed by atoms with Crippen LogP contribution in [0.3, 0.4) is 0 Å². The second-order valence-corrected chi connectivity index (χ2v) is 9.27. The van der Waals surface area contributed by atoms with Crippen LogP contribution in [-0.2, 0) is 31.3 Å². The average molecular weight is 467 g/mol. The summed E-state index contributed by atoms with van der Waals surface area (Å²) >= 11 is 6.27. The summed E-state index contributed by atoms with van der Waals surface area (Å²) < 4.78 is 0. The SMILES string of the molecule is Cc1c(Cl)ccc2c1NC(=O)[C@@]21N[C@@H](CCC(N)=O)[C@H]2C(=O)N(Cc3ccccc3)C(=O)[C@@H]21. The van der Waals surface area contributed by atoms with Crippen LogP contribution in [0.4, 0.5) is 5.69 Å².